The summed E-state index contributed by atoms with van der Waals surface area (Å²) in [5.41, 5.74) is -3.55. The van der Waals surface area contributed by atoms with Crippen LogP contribution in [0.25, 0.3) is 0 Å². The fourth-order valence-corrected chi connectivity index (χ4v) is 3.18. The van der Waals surface area contributed by atoms with E-state index in [2.05, 4.69) is 0 Å². The number of alkyl halides is 6. The first kappa shape index (κ1) is 17.8. The van der Waals surface area contributed by atoms with Crippen molar-refractivity contribution in [1.29, 1.82) is 0 Å². The third-order valence-corrected chi connectivity index (χ3v) is 4.35. The van der Waals surface area contributed by atoms with Crippen LogP contribution >= 0.6 is 0 Å². The predicted octanol–water partition coefficient (Wildman–Crippen LogP) is 4.05. The van der Waals surface area contributed by atoms with Crippen molar-refractivity contribution in [2.75, 3.05) is 5.75 Å². The predicted molar refractivity (Wildman–Crippen MR) is 64.2 cm³/mol. The summed E-state index contributed by atoms with van der Waals surface area (Å²) in [5.74, 6) is -1.15. The van der Waals surface area contributed by atoms with Crippen LogP contribution in [0.2, 0.25) is 0 Å². The van der Waals surface area contributed by atoms with E-state index in [1.54, 1.807) is 6.92 Å². The molecule has 1 rings (SSSR count). The van der Waals surface area contributed by atoms with Gasteiger partial charge >= 0.3 is 12.4 Å². The van der Waals surface area contributed by atoms with E-state index in [0.29, 0.717) is 12.1 Å². The molecule has 0 N–H and O–H groups in total. The molecule has 0 unspecified atom stereocenters. The molecule has 120 valence electrons. The molecule has 0 radical (unpaired) electrons. The molecule has 0 heterocycles. The highest BCUT2D eigenvalue weighted by atomic mass is 32.2. The van der Waals surface area contributed by atoms with Gasteiger partial charge in [-0.1, -0.05) is 6.92 Å². The number of hydrogen-bond donors (Lipinski definition) is 0. The third-order valence-electron chi connectivity index (χ3n) is 2.55. The molecule has 0 spiro atoms. The van der Waals surface area contributed by atoms with E-state index in [4.69, 9.17) is 0 Å². The molecule has 0 aliphatic heterocycles. The molecule has 1 aromatic rings. The Balaban J connectivity index is 3.33. The highest BCUT2D eigenvalue weighted by molar-refractivity contribution is 7.90. The lowest BCUT2D eigenvalue weighted by Gasteiger charge is -2.14. The Bertz CT molecular complexity index is 569. The maximum atomic E-state index is 12.6. The molecule has 0 aliphatic carbocycles. The lowest BCUT2D eigenvalue weighted by molar-refractivity contribution is -0.143. The Labute approximate surface area is 117 Å². The van der Waals surface area contributed by atoms with Gasteiger partial charge in [-0.15, -0.1) is 0 Å². The first-order valence-electron chi connectivity index (χ1n) is 5.84. The maximum Gasteiger partial charge on any atom is 0.416 e. The van der Waals surface area contributed by atoms with Gasteiger partial charge < -0.3 is 0 Å². The largest absolute Gasteiger partial charge is 0.416 e. The van der Waals surface area contributed by atoms with E-state index in [1.165, 1.54) is 0 Å². The molecule has 0 fully saturated rings. The third kappa shape index (κ3) is 5.22. The van der Waals surface area contributed by atoms with Gasteiger partial charge in [-0.3, -0.25) is 0 Å². The van der Waals surface area contributed by atoms with Gasteiger partial charge in [0.25, 0.3) is 0 Å². The summed E-state index contributed by atoms with van der Waals surface area (Å²) < 4.78 is 98.7. The summed E-state index contributed by atoms with van der Waals surface area (Å²) in [6, 6.07) is 0.834. The Morgan fingerprint density at radius 1 is 0.905 bits per heavy atom. The minimum Gasteiger partial charge on any atom is -0.228 e. The molecule has 0 saturated heterocycles. The maximum absolute atomic E-state index is 12.6. The van der Waals surface area contributed by atoms with Crippen molar-refractivity contribution < 1.29 is 34.8 Å². The summed E-state index contributed by atoms with van der Waals surface area (Å²) in [5, 5.41) is 0. The molecule has 9 heteroatoms. The molecule has 1 aromatic carbocycles. The number of halogens is 6. The Morgan fingerprint density at radius 3 is 1.67 bits per heavy atom. The van der Waals surface area contributed by atoms with Gasteiger partial charge in [-0.25, -0.2) is 8.42 Å². The van der Waals surface area contributed by atoms with Crippen LogP contribution in [0.1, 0.15) is 30.0 Å². The van der Waals surface area contributed by atoms with E-state index in [0.717, 1.165) is 0 Å². The molecule has 0 atom stereocenters. The van der Waals surface area contributed by atoms with Crippen LogP contribution in [-0.4, -0.2) is 14.2 Å². The van der Waals surface area contributed by atoms with Crippen LogP contribution in [0.15, 0.2) is 18.2 Å². The fraction of sp³-hybridized carbons (Fsp3) is 0.500. The highest BCUT2D eigenvalue weighted by Crippen LogP contribution is 2.36. The van der Waals surface area contributed by atoms with Gasteiger partial charge in [0.15, 0.2) is 9.84 Å². The van der Waals surface area contributed by atoms with Crippen LogP contribution in [-0.2, 0) is 27.9 Å². The minimum absolute atomic E-state index is 0.0318. The topological polar surface area (TPSA) is 34.1 Å². The summed E-state index contributed by atoms with van der Waals surface area (Å²) in [6.45, 7) is 1.55. The van der Waals surface area contributed by atoms with Crippen molar-refractivity contribution in [3.05, 3.63) is 34.9 Å². The van der Waals surface area contributed by atoms with Gasteiger partial charge in [0, 0.05) is 0 Å². The number of sulfone groups is 1. The van der Waals surface area contributed by atoms with Gasteiger partial charge in [0.1, 0.15) is 0 Å². The highest BCUT2D eigenvalue weighted by Gasteiger charge is 2.37. The number of benzene rings is 1. The minimum atomic E-state index is -4.98. The van der Waals surface area contributed by atoms with Crippen molar-refractivity contribution in [1.82, 2.24) is 0 Å². The molecule has 0 aliphatic rings. The van der Waals surface area contributed by atoms with Crippen LogP contribution in [0.4, 0.5) is 26.3 Å². The summed E-state index contributed by atoms with van der Waals surface area (Å²) >= 11 is 0. The van der Waals surface area contributed by atoms with Gasteiger partial charge in [-0.05, 0) is 30.2 Å². The lowest BCUT2D eigenvalue weighted by atomic mass is 10.1. The summed E-state index contributed by atoms with van der Waals surface area (Å²) in [7, 11) is -3.74. The molecule has 0 bridgehead atoms. The van der Waals surface area contributed by atoms with Gasteiger partial charge in [0.05, 0.1) is 22.6 Å². The fourth-order valence-electron chi connectivity index (χ4n) is 1.74. The average Bonchev–Trinajstić information content (AvgIpc) is 2.25. The smallest absolute Gasteiger partial charge is 0.228 e. The van der Waals surface area contributed by atoms with Crippen molar-refractivity contribution in [3.63, 3.8) is 0 Å². The first-order valence-corrected chi connectivity index (χ1v) is 7.66. The Hall–Kier alpha value is -1.25. The van der Waals surface area contributed by atoms with Crippen molar-refractivity contribution >= 4 is 9.84 Å². The first-order chi connectivity index (χ1) is 9.35. The zero-order valence-corrected chi connectivity index (χ0v) is 11.7. The van der Waals surface area contributed by atoms with E-state index in [1.807, 2.05) is 0 Å². The monoisotopic (exact) mass is 334 g/mol. The lowest BCUT2D eigenvalue weighted by Crippen LogP contribution is -2.14. The van der Waals surface area contributed by atoms with E-state index < -0.39 is 44.6 Å². The summed E-state index contributed by atoms with van der Waals surface area (Å²) in [4.78, 5) is 0. The zero-order valence-electron chi connectivity index (χ0n) is 10.8. The average molecular weight is 334 g/mol. The molecule has 0 amide bonds. The molecule has 0 aromatic heterocycles. The quantitative estimate of drug-likeness (QED) is 0.779. The van der Waals surface area contributed by atoms with Crippen LogP contribution in [0.5, 0.6) is 0 Å². The Morgan fingerprint density at radius 2 is 1.33 bits per heavy atom. The van der Waals surface area contributed by atoms with Crippen LogP contribution in [0, 0.1) is 0 Å². The zero-order chi connectivity index (χ0) is 16.5. The second-order valence-corrected chi connectivity index (χ2v) is 6.69. The normalized spacial score (nSPS) is 13.5. The van der Waals surface area contributed by atoms with Crippen LogP contribution < -0.4 is 0 Å². The van der Waals surface area contributed by atoms with Crippen molar-refractivity contribution in [2.45, 2.75) is 31.5 Å². The Kier molecular flexibility index (Phi) is 4.97. The van der Waals surface area contributed by atoms with E-state index >= 15 is 0 Å². The van der Waals surface area contributed by atoms with Crippen LogP contribution in [0.3, 0.4) is 0 Å². The molecule has 21 heavy (non-hydrogen) atoms. The molecular weight excluding hydrogens is 322 g/mol. The second-order valence-electron chi connectivity index (χ2n) is 4.51. The molecular formula is C12H12F6O2S. The number of rotatable bonds is 4. The standard InChI is InChI=1S/C12H12F6O2S/c1-2-3-21(19,20)7-8-4-9(11(13,14)15)6-10(5-8)12(16,17)18/h4-6H,2-3,7H2,1H3. The van der Waals surface area contributed by atoms with E-state index in [-0.39, 0.29) is 18.2 Å². The molecule has 0 saturated carbocycles. The summed E-state index contributed by atoms with van der Waals surface area (Å²) in [6.07, 6.45) is -9.73. The second kappa shape index (κ2) is 5.86. The van der Waals surface area contributed by atoms with Crippen molar-refractivity contribution in [2.24, 2.45) is 0 Å². The SMILES string of the molecule is CCCS(=O)(=O)Cc1cc(C(F)(F)F)cc(C(F)(F)F)c1. The van der Waals surface area contributed by atoms with Gasteiger partial charge in [0.2, 0.25) is 0 Å². The van der Waals surface area contributed by atoms with Crippen molar-refractivity contribution in [3.8, 4) is 0 Å². The van der Waals surface area contributed by atoms with E-state index in [9.17, 15) is 34.8 Å². The van der Waals surface area contributed by atoms with Gasteiger partial charge in [-0.2, -0.15) is 26.3 Å². The number of hydrogen-bond acceptors (Lipinski definition) is 2. The molecule has 2 nitrogen and oxygen atoms in total.